The van der Waals surface area contributed by atoms with Crippen molar-refractivity contribution in [2.24, 2.45) is 5.92 Å². The Morgan fingerprint density at radius 3 is 2.29 bits per heavy atom. The summed E-state index contributed by atoms with van der Waals surface area (Å²) in [5.74, 6) is 0.330. The zero-order valence-electron chi connectivity index (χ0n) is 20.9. The molecule has 1 amide bonds. The SMILES string of the molecule is COCCCN1C(=O)C(=O)/C(=C(/O)c2ccc(OCC(C)C)cc2)C1c1cc(OC)ccc1OC. The Kier molecular flexibility index (Phi) is 8.76. The first-order valence-corrected chi connectivity index (χ1v) is 11.5. The highest BCUT2D eigenvalue weighted by Gasteiger charge is 2.47. The van der Waals surface area contributed by atoms with E-state index in [0.29, 0.717) is 53.9 Å². The van der Waals surface area contributed by atoms with E-state index in [-0.39, 0.29) is 17.9 Å². The Labute approximate surface area is 206 Å². The van der Waals surface area contributed by atoms with Gasteiger partial charge in [-0.3, -0.25) is 9.59 Å². The number of benzene rings is 2. The van der Waals surface area contributed by atoms with E-state index in [9.17, 15) is 14.7 Å². The second-order valence-electron chi connectivity index (χ2n) is 8.68. The van der Waals surface area contributed by atoms with E-state index in [1.165, 1.54) is 19.1 Å². The quantitative estimate of drug-likeness (QED) is 0.222. The summed E-state index contributed by atoms with van der Waals surface area (Å²) in [6.07, 6.45) is 0.522. The minimum atomic E-state index is -0.853. The molecule has 1 unspecified atom stereocenters. The molecule has 0 aliphatic carbocycles. The fraction of sp³-hybridized carbons (Fsp3) is 0.407. The molecule has 188 valence electrons. The minimum absolute atomic E-state index is 0.00480. The van der Waals surface area contributed by atoms with Crippen LogP contribution in [0.15, 0.2) is 48.0 Å². The van der Waals surface area contributed by atoms with Crippen molar-refractivity contribution in [2.75, 3.05) is 41.1 Å². The molecule has 35 heavy (non-hydrogen) atoms. The lowest BCUT2D eigenvalue weighted by Gasteiger charge is -2.27. The molecule has 1 atom stereocenters. The molecule has 0 aromatic heterocycles. The lowest BCUT2D eigenvalue weighted by molar-refractivity contribution is -0.140. The highest BCUT2D eigenvalue weighted by Crippen LogP contribution is 2.44. The van der Waals surface area contributed by atoms with Crippen LogP contribution in [-0.4, -0.2) is 62.8 Å². The smallest absolute Gasteiger partial charge is 0.295 e. The van der Waals surface area contributed by atoms with Gasteiger partial charge in [0.15, 0.2) is 0 Å². The van der Waals surface area contributed by atoms with Crippen LogP contribution in [0.4, 0.5) is 0 Å². The van der Waals surface area contributed by atoms with Gasteiger partial charge in [0.25, 0.3) is 11.7 Å². The monoisotopic (exact) mass is 483 g/mol. The van der Waals surface area contributed by atoms with Gasteiger partial charge < -0.3 is 29.0 Å². The number of aliphatic hydroxyl groups is 1. The molecule has 2 aromatic carbocycles. The number of carbonyl (C=O) groups is 2. The molecule has 1 N–H and O–H groups in total. The second kappa shape index (κ2) is 11.8. The summed E-state index contributed by atoms with van der Waals surface area (Å²) >= 11 is 0. The summed E-state index contributed by atoms with van der Waals surface area (Å²) in [5.41, 5.74) is 0.945. The van der Waals surface area contributed by atoms with Crippen LogP contribution in [0.2, 0.25) is 0 Å². The average Bonchev–Trinajstić information content (AvgIpc) is 3.12. The van der Waals surface area contributed by atoms with E-state index in [1.807, 2.05) is 0 Å². The van der Waals surface area contributed by atoms with Gasteiger partial charge in [0.05, 0.1) is 32.4 Å². The predicted molar refractivity (Wildman–Crippen MR) is 132 cm³/mol. The first kappa shape index (κ1) is 26.1. The van der Waals surface area contributed by atoms with Crippen LogP contribution < -0.4 is 14.2 Å². The lowest BCUT2D eigenvalue weighted by atomic mass is 9.94. The van der Waals surface area contributed by atoms with Crippen molar-refractivity contribution >= 4 is 17.4 Å². The molecule has 1 aliphatic heterocycles. The Bertz CT molecular complexity index is 1080. The first-order chi connectivity index (χ1) is 16.8. The van der Waals surface area contributed by atoms with Gasteiger partial charge in [-0.05, 0) is 54.8 Å². The largest absolute Gasteiger partial charge is 0.507 e. The van der Waals surface area contributed by atoms with Gasteiger partial charge in [0.2, 0.25) is 0 Å². The first-order valence-electron chi connectivity index (χ1n) is 11.5. The molecule has 3 rings (SSSR count). The zero-order chi connectivity index (χ0) is 25.5. The van der Waals surface area contributed by atoms with Crippen LogP contribution in [0, 0.1) is 5.92 Å². The van der Waals surface area contributed by atoms with E-state index in [2.05, 4.69) is 13.8 Å². The Morgan fingerprint density at radius 2 is 1.69 bits per heavy atom. The molecule has 0 bridgehead atoms. The fourth-order valence-corrected chi connectivity index (χ4v) is 3.99. The molecular weight excluding hydrogens is 450 g/mol. The predicted octanol–water partition coefficient (Wildman–Crippen LogP) is 4.20. The number of likely N-dealkylation sites (tertiary alicyclic amines) is 1. The van der Waals surface area contributed by atoms with Gasteiger partial charge in [-0.2, -0.15) is 0 Å². The van der Waals surface area contributed by atoms with E-state index in [1.54, 1.807) is 49.6 Å². The standard InChI is InChI=1S/C27H33NO7/c1-17(2)16-35-19-9-7-18(8-10-19)25(29)23-24(21-15-20(33-4)11-12-22(21)34-5)28(13-6-14-32-3)27(31)26(23)30/h7-12,15,17,24,29H,6,13-14,16H2,1-5H3/b25-23+. The average molecular weight is 484 g/mol. The van der Waals surface area contributed by atoms with Crippen molar-refractivity contribution in [3.63, 3.8) is 0 Å². The topological polar surface area (TPSA) is 94.5 Å². The number of carbonyl (C=O) groups excluding carboxylic acids is 2. The highest BCUT2D eigenvalue weighted by atomic mass is 16.5. The van der Waals surface area contributed by atoms with Gasteiger partial charge in [0.1, 0.15) is 23.0 Å². The summed E-state index contributed by atoms with van der Waals surface area (Å²) < 4.78 is 21.8. The van der Waals surface area contributed by atoms with Crippen molar-refractivity contribution in [3.8, 4) is 17.2 Å². The van der Waals surface area contributed by atoms with Crippen LogP contribution >= 0.6 is 0 Å². The molecule has 0 spiro atoms. The van der Waals surface area contributed by atoms with Crippen LogP contribution in [0.5, 0.6) is 17.2 Å². The maximum atomic E-state index is 13.2. The third kappa shape index (κ3) is 5.77. The number of nitrogens with zero attached hydrogens (tertiary/aromatic N) is 1. The summed E-state index contributed by atoms with van der Waals surface area (Å²) in [4.78, 5) is 27.7. The molecule has 1 saturated heterocycles. The number of ether oxygens (including phenoxy) is 4. The normalized spacial score (nSPS) is 17.2. The van der Waals surface area contributed by atoms with E-state index in [4.69, 9.17) is 18.9 Å². The number of hydrogen-bond acceptors (Lipinski definition) is 7. The number of hydrogen-bond donors (Lipinski definition) is 1. The molecule has 8 heteroatoms. The molecule has 0 radical (unpaired) electrons. The van der Waals surface area contributed by atoms with Gasteiger partial charge >= 0.3 is 0 Å². The highest BCUT2D eigenvalue weighted by molar-refractivity contribution is 6.46. The molecule has 1 fully saturated rings. The van der Waals surface area contributed by atoms with E-state index >= 15 is 0 Å². The maximum absolute atomic E-state index is 13.2. The molecule has 0 saturated carbocycles. The zero-order valence-corrected chi connectivity index (χ0v) is 20.9. The van der Waals surface area contributed by atoms with Crippen LogP contribution in [0.1, 0.15) is 37.4 Å². The van der Waals surface area contributed by atoms with Gasteiger partial charge in [0, 0.05) is 31.4 Å². The van der Waals surface area contributed by atoms with Crippen LogP contribution in [0.25, 0.3) is 5.76 Å². The van der Waals surface area contributed by atoms with Crippen molar-refractivity contribution in [1.82, 2.24) is 4.90 Å². The molecule has 1 aliphatic rings. The summed E-state index contributed by atoms with van der Waals surface area (Å²) in [6.45, 7) is 5.36. The number of amides is 1. The summed E-state index contributed by atoms with van der Waals surface area (Å²) in [7, 11) is 4.62. The summed E-state index contributed by atoms with van der Waals surface area (Å²) in [5, 5.41) is 11.3. The lowest BCUT2D eigenvalue weighted by Crippen LogP contribution is -2.31. The number of ketones is 1. The number of methoxy groups -OCH3 is 3. The van der Waals surface area contributed by atoms with Crippen molar-refractivity contribution in [3.05, 3.63) is 59.2 Å². The minimum Gasteiger partial charge on any atom is -0.507 e. The Morgan fingerprint density at radius 1 is 1.00 bits per heavy atom. The number of Topliss-reactive ketones (excluding diaryl/α,β-unsaturated/α-hetero) is 1. The van der Waals surface area contributed by atoms with E-state index < -0.39 is 17.7 Å². The van der Waals surface area contributed by atoms with Crippen molar-refractivity contribution in [2.45, 2.75) is 26.3 Å². The summed E-state index contributed by atoms with van der Waals surface area (Å²) in [6, 6.07) is 11.1. The molecular formula is C27H33NO7. The maximum Gasteiger partial charge on any atom is 0.295 e. The van der Waals surface area contributed by atoms with Gasteiger partial charge in [-0.15, -0.1) is 0 Å². The second-order valence-corrected chi connectivity index (χ2v) is 8.68. The fourth-order valence-electron chi connectivity index (χ4n) is 3.99. The third-order valence-corrected chi connectivity index (χ3v) is 5.73. The van der Waals surface area contributed by atoms with Gasteiger partial charge in [-0.25, -0.2) is 0 Å². The van der Waals surface area contributed by atoms with Crippen LogP contribution in [-0.2, 0) is 14.3 Å². The number of aliphatic hydroxyl groups excluding tert-OH is 1. The molecule has 1 heterocycles. The Hall–Kier alpha value is -3.52. The van der Waals surface area contributed by atoms with E-state index in [0.717, 1.165) is 0 Å². The van der Waals surface area contributed by atoms with Crippen molar-refractivity contribution < 1.29 is 33.6 Å². The third-order valence-electron chi connectivity index (χ3n) is 5.73. The van der Waals surface area contributed by atoms with Crippen molar-refractivity contribution in [1.29, 1.82) is 0 Å². The van der Waals surface area contributed by atoms with Crippen LogP contribution in [0.3, 0.4) is 0 Å². The Balaban J connectivity index is 2.10. The number of rotatable bonds is 11. The molecule has 2 aromatic rings. The van der Waals surface area contributed by atoms with Gasteiger partial charge in [-0.1, -0.05) is 13.8 Å². The molecule has 8 nitrogen and oxygen atoms in total.